The Morgan fingerprint density at radius 1 is 1.13 bits per heavy atom. The van der Waals surface area contributed by atoms with Crippen LogP contribution in [0.4, 0.5) is 17.1 Å². The Kier molecular flexibility index (Phi) is 5.93. The fourth-order valence-electron chi connectivity index (χ4n) is 2.52. The summed E-state index contributed by atoms with van der Waals surface area (Å²) in [5.41, 5.74) is 0.341. The third kappa shape index (κ3) is 5.08. The number of aromatic nitrogens is 2. The Balaban J connectivity index is 1.79. The van der Waals surface area contributed by atoms with E-state index < -0.39 is 15.8 Å². The summed E-state index contributed by atoms with van der Waals surface area (Å²) in [4.78, 5) is 32.9. The van der Waals surface area contributed by atoms with Gasteiger partial charge in [0, 0.05) is 17.2 Å². The number of anilines is 1. The highest BCUT2D eigenvalue weighted by Gasteiger charge is 2.15. The monoisotopic (exact) mass is 431 g/mol. The number of halogens is 1. The largest absolute Gasteiger partial charge is 0.457 e. The zero-order valence-electron chi connectivity index (χ0n) is 15.4. The van der Waals surface area contributed by atoms with Crippen molar-refractivity contribution in [3.05, 3.63) is 79.6 Å². The number of benzene rings is 2. The summed E-state index contributed by atoms with van der Waals surface area (Å²) in [7, 11) is 0. The van der Waals surface area contributed by atoms with Gasteiger partial charge in [0.25, 0.3) is 5.69 Å². The van der Waals surface area contributed by atoms with Crippen LogP contribution in [0.25, 0.3) is 0 Å². The Bertz CT molecular complexity index is 1150. The van der Waals surface area contributed by atoms with E-state index in [-0.39, 0.29) is 29.4 Å². The maximum Gasteiger partial charge on any atom is 0.307 e. The lowest BCUT2D eigenvalue weighted by Gasteiger charge is -2.10. The van der Waals surface area contributed by atoms with E-state index in [0.29, 0.717) is 10.8 Å². The fraction of sp³-hybridized carbons (Fsp3) is 0.111. The van der Waals surface area contributed by atoms with Crippen molar-refractivity contribution in [3.8, 4) is 11.5 Å². The van der Waals surface area contributed by atoms with Crippen molar-refractivity contribution in [1.82, 2.24) is 9.78 Å². The summed E-state index contributed by atoms with van der Waals surface area (Å²) >= 11 is 5.98. The Hall–Kier alpha value is -3.99. The third-order valence-electron chi connectivity index (χ3n) is 3.89. The second-order valence-electron chi connectivity index (χ2n) is 6.19. The average molecular weight is 432 g/mol. The maximum absolute atomic E-state index is 12.2. The molecule has 154 valence electrons. The molecule has 0 atom stereocenters. The van der Waals surface area contributed by atoms with E-state index >= 15 is 0 Å². The first-order chi connectivity index (χ1) is 14.2. The summed E-state index contributed by atoms with van der Waals surface area (Å²) in [6.45, 7) is 1.47. The predicted molar refractivity (Wildman–Crippen MR) is 107 cm³/mol. The molecule has 1 N–H and O–H groups in total. The van der Waals surface area contributed by atoms with E-state index in [0.717, 1.165) is 22.6 Å². The van der Waals surface area contributed by atoms with Crippen molar-refractivity contribution in [3.63, 3.8) is 0 Å². The predicted octanol–water partition coefficient (Wildman–Crippen LogP) is 4.09. The number of nitro groups is 2. The van der Waals surface area contributed by atoms with Gasteiger partial charge in [-0.25, -0.2) is 0 Å². The second kappa shape index (κ2) is 8.57. The van der Waals surface area contributed by atoms with Crippen molar-refractivity contribution in [1.29, 1.82) is 0 Å². The first-order valence-corrected chi connectivity index (χ1v) is 8.79. The van der Waals surface area contributed by atoms with Crippen molar-refractivity contribution in [2.24, 2.45) is 0 Å². The zero-order valence-corrected chi connectivity index (χ0v) is 16.2. The minimum Gasteiger partial charge on any atom is -0.457 e. The van der Waals surface area contributed by atoms with Gasteiger partial charge in [-0.05, 0) is 30.7 Å². The minimum absolute atomic E-state index is 0.122. The van der Waals surface area contributed by atoms with Crippen LogP contribution < -0.4 is 10.1 Å². The van der Waals surface area contributed by atoms with E-state index in [1.165, 1.54) is 18.2 Å². The van der Waals surface area contributed by atoms with Gasteiger partial charge in [0.15, 0.2) is 0 Å². The molecule has 30 heavy (non-hydrogen) atoms. The van der Waals surface area contributed by atoms with Gasteiger partial charge in [-0.1, -0.05) is 11.6 Å². The molecule has 3 aromatic rings. The highest BCUT2D eigenvalue weighted by Crippen LogP contribution is 2.31. The molecule has 0 aliphatic heterocycles. The minimum atomic E-state index is -0.635. The average Bonchev–Trinajstić information content (AvgIpc) is 3.13. The molecule has 1 aromatic heterocycles. The van der Waals surface area contributed by atoms with Gasteiger partial charge in [-0.3, -0.25) is 29.7 Å². The number of amides is 1. The van der Waals surface area contributed by atoms with Gasteiger partial charge in [0.05, 0.1) is 21.6 Å². The fourth-order valence-corrected chi connectivity index (χ4v) is 2.64. The third-order valence-corrected chi connectivity index (χ3v) is 4.31. The number of carbonyl (C=O) groups excluding carboxylic acids is 1. The molecular weight excluding hydrogens is 418 g/mol. The van der Waals surface area contributed by atoms with Gasteiger partial charge in [0.1, 0.15) is 30.4 Å². The van der Waals surface area contributed by atoms with E-state index in [1.807, 2.05) is 0 Å². The Morgan fingerprint density at radius 3 is 2.50 bits per heavy atom. The maximum atomic E-state index is 12.2. The molecule has 3 rings (SSSR count). The molecule has 0 saturated carbocycles. The van der Waals surface area contributed by atoms with Crippen LogP contribution in [0.15, 0.2) is 48.8 Å². The van der Waals surface area contributed by atoms with Gasteiger partial charge in [-0.2, -0.15) is 5.10 Å². The van der Waals surface area contributed by atoms with E-state index in [4.69, 9.17) is 16.3 Å². The number of nitrogens with zero attached hydrogens (tertiary/aromatic N) is 4. The molecule has 0 bridgehead atoms. The number of rotatable bonds is 7. The van der Waals surface area contributed by atoms with Gasteiger partial charge in [-0.15, -0.1) is 0 Å². The summed E-state index contributed by atoms with van der Waals surface area (Å²) in [6.07, 6.45) is 2.12. The Morgan fingerprint density at radius 2 is 1.87 bits per heavy atom. The highest BCUT2D eigenvalue weighted by atomic mass is 35.5. The van der Waals surface area contributed by atoms with Gasteiger partial charge >= 0.3 is 5.69 Å². The van der Waals surface area contributed by atoms with Crippen LogP contribution in [0.1, 0.15) is 5.56 Å². The molecular formula is C18H14ClN5O6. The summed E-state index contributed by atoms with van der Waals surface area (Å²) in [5.74, 6) is -0.0312. The molecule has 1 amide bonds. The molecule has 1 heterocycles. The standard InChI is InChI=1S/C18H14ClN5O6/c1-11-4-15(2-3-17(11)19)30-16-6-12(5-13(7-16)23(26)27)21-18(25)10-22-9-14(8-20-22)24(28)29/h2-9H,10H2,1H3,(H,21,25). The van der Waals surface area contributed by atoms with Crippen molar-refractivity contribution < 1.29 is 19.4 Å². The van der Waals surface area contributed by atoms with Crippen LogP contribution in [-0.4, -0.2) is 25.5 Å². The molecule has 11 nitrogen and oxygen atoms in total. The molecule has 0 aliphatic carbocycles. The number of nitrogens with one attached hydrogen (secondary N) is 1. The molecule has 0 unspecified atom stereocenters. The lowest BCUT2D eigenvalue weighted by atomic mass is 10.2. The normalized spacial score (nSPS) is 10.5. The smallest absolute Gasteiger partial charge is 0.307 e. The van der Waals surface area contributed by atoms with Gasteiger partial charge < -0.3 is 10.1 Å². The second-order valence-corrected chi connectivity index (χ2v) is 6.59. The molecule has 0 radical (unpaired) electrons. The molecule has 2 aromatic carbocycles. The number of non-ortho nitro benzene ring substituents is 1. The summed E-state index contributed by atoms with van der Waals surface area (Å²) in [5, 5.41) is 28.7. The number of carbonyl (C=O) groups is 1. The number of ether oxygens (including phenoxy) is 1. The molecule has 0 fully saturated rings. The van der Waals surface area contributed by atoms with E-state index in [9.17, 15) is 25.0 Å². The lowest BCUT2D eigenvalue weighted by molar-refractivity contribution is -0.385. The lowest BCUT2D eigenvalue weighted by Crippen LogP contribution is -2.19. The molecule has 0 spiro atoms. The van der Waals surface area contributed by atoms with Crippen molar-refractivity contribution in [2.45, 2.75) is 13.5 Å². The number of aryl methyl sites for hydroxylation is 1. The highest BCUT2D eigenvalue weighted by molar-refractivity contribution is 6.31. The summed E-state index contributed by atoms with van der Waals surface area (Å²) < 4.78 is 6.75. The van der Waals surface area contributed by atoms with Crippen molar-refractivity contribution in [2.75, 3.05) is 5.32 Å². The molecule has 0 aliphatic rings. The number of nitro benzene ring substituents is 1. The van der Waals surface area contributed by atoms with Crippen LogP contribution in [-0.2, 0) is 11.3 Å². The first-order valence-electron chi connectivity index (χ1n) is 8.41. The summed E-state index contributed by atoms with van der Waals surface area (Å²) in [6, 6.07) is 8.72. The zero-order chi connectivity index (χ0) is 21.8. The van der Waals surface area contributed by atoms with Crippen LogP contribution in [0, 0.1) is 27.2 Å². The topological polar surface area (TPSA) is 142 Å². The van der Waals surface area contributed by atoms with E-state index in [2.05, 4.69) is 10.4 Å². The van der Waals surface area contributed by atoms with Gasteiger partial charge in [0.2, 0.25) is 5.91 Å². The molecule has 0 saturated heterocycles. The first kappa shape index (κ1) is 20.7. The van der Waals surface area contributed by atoms with Crippen LogP contribution in [0.2, 0.25) is 5.02 Å². The van der Waals surface area contributed by atoms with Crippen LogP contribution >= 0.6 is 11.6 Å². The SMILES string of the molecule is Cc1cc(Oc2cc(NC(=O)Cn3cc([N+](=O)[O-])cn3)cc([N+](=O)[O-])c2)ccc1Cl. The number of hydrogen-bond donors (Lipinski definition) is 1. The quantitative estimate of drug-likeness (QED) is 0.438. The van der Waals surface area contributed by atoms with Crippen LogP contribution in [0.5, 0.6) is 11.5 Å². The Labute approximate surface area is 174 Å². The van der Waals surface area contributed by atoms with Crippen LogP contribution in [0.3, 0.4) is 0 Å². The van der Waals surface area contributed by atoms with E-state index in [1.54, 1.807) is 25.1 Å². The molecule has 12 heteroatoms. The van der Waals surface area contributed by atoms with Crippen molar-refractivity contribution >= 4 is 34.6 Å². The number of hydrogen-bond acceptors (Lipinski definition) is 7.